The Balaban J connectivity index is 2.25. The van der Waals surface area contributed by atoms with Crippen LogP contribution in [-0.4, -0.2) is 25.6 Å². The fraction of sp³-hybridized carbons (Fsp3) is 0.333. The Morgan fingerprint density at radius 1 is 1.44 bits per heavy atom. The monoisotopic (exact) mass is 242 g/mol. The Hall–Kier alpha value is -1.31. The van der Waals surface area contributed by atoms with Crippen molar-refractivity contribution in [2.75, 3.05) is 0 Å². The Kier molecular flexibility index (Phi) is 2.75. The molecular weight excluding hydrogens is 234 g/mol. The number of amides is 2. The van der Waals surface area contributed by atoms with Gasteiger partial charge in [-0.25, -0.2) is 4.21 Å². The summed E-state index contributed by atoms with van der Waals surface area (Å²) in [5.41, 5.74) is -0.967. The molecule has 1 aliphatic carbocycles. The van der Waals surface area contributed by atoms with Crippen LogP contribution >= 0.6 is 0 Å². The predicted molar refractivity (Wildman–Crippen MR) is 51.8 cm³/mol. The van der Waals surface area contributed by atoms with Crippen molar-refractivity contribution < 1.29 is 22.6 Å². The van der Waals surface area contributed by atoms with E-state index in [1.165, 1.54) is 0 Å². The van der Waals surface area contributed by atoms with Crippen LogP contribution in [-0.2, 0) is 25.2 Å². The highest BCUT2D eigenvalue weighted by Crippen LogP contribution is 2.39. The van der Waals surface area contributed by atoms with Crippen molar-refractivity contribution >= 4 is 23.2 Å². The van der Waals surface area contributed by atoms with Gasteiger partial charge in [0.25, 0.3) is 11.8 Å². The molecule has 2 rings (SSSR count). The molecule has 1 spiro atoms. The van der Waals surface area contributed by atoms with Gasteiger partial charge in [0.15, 0.2) is 0 Å². The van der Waals surface area contributed by atoms with Gasteiger partial charge in [-0.3, -0.25) is 9.59 Å². The number of carbonyl (C=O) groups is 2. The molecule has 2 unspecified atom stereocenters. The molecular formula is C9H8NO5S-. The molecule has 0 radical (unpaired) electrons. The van der Waals surface area contributed by atoms with Crippen LogP contribution in [0.15, 0.2) is 24.3 Å². The Morgan fingerprint density at radius 3 is 2.75 bits per heavy atom. The molecule has 7 heteroatoms. The van der Waals surface area contributed by atoms with Gasteiger partial charge in [0.1, 0.15) is 11.4 Å². The van der Waals surface area contributed by atoms with Crippen LogP contribution in [0.1, 0.15) is 12.8 Å². The zero-order valence-corrected chi connectivity index (χ0v) is 8.94. The largest absolute Gasteiger partial charge is 0.748 e. The fourth-order valence-electron chi connectivity index (χ4n) is 1.82. The van der Waals surface area contributed by atoms with E-state index in [2.05, 4.69) is 4.28 Å². The molecule has 0 bridgehead atoms. The summed E-state index contributed by atoms with van der Waals surface area (Å²) in [6.07, 6.45) is 7.08. The predicted octanol–water partition coefficient (Wildman–Crippen LogP) is -0.0265. The van der Waals surface area contributed by atoms with Crippen LogP contribution in [0, 0.1) is 5.41 Å². The summed E-state index contributed by atoms with van der Waals surface area (Å²) in [6, 6.07) is 0. The standard InChI is InChI=1S/C9H9NO5S/c11-7-6-9(4-2-1-3-5-9)8(12)10(7)15-16(13)14/h1-4H,5-6H2,(H,13,14)/p-1. The van der Waals surface area contributed by atoms with E-state index < -0.39 is 28.6 Å². The lowest BCUT2D eigenvalue weighted by molar-refractivity contribution is -0.166. The Morgan fingerprint density at radius 2 is 2.19 bits per heavy atom. The van der Waals surface area contributed by atoms with E-state index in [1.54, 1.807) is 24.3 Å². The number of nitrogens with zero attached hydrogens (tertiary/aromatic N) is 1. The van der Waals surface area contributed by atoms with Crippen molar-refractivity contribution in [3.63, 3.8) is 0 Å². The Labute approximate surface area is 94.0 Å². The van der Waals surface area contributed by atoms with Gasteiger partial charge in [-0.2, -0.15) is 4.28 Å². The lowest BCUT2D eigenvalue weighted by atomic mass is 9.80. The summed E-state index contributed by atoms with van der Waals surface area (Å²) in [5.74, 6) is -1.28. The van der Waals surface area contributed by atoms with Crippen molar-refractivity contribution in [3.8, 4) is 0 Å². The van der Waals surface area contributed by atoms with Crippen molar-refractivity contribution in [1.82, 2.24) is 5.06 Å². The molecule has 2 atom stereocenters. The minimum atomic E-state index is -2.93. The number of hydrogen-bond donors (Lipinski definition) is 0. The second-order valence-corrected chi connectivity index (χ2v) is 4.15. The SMILES string of the molecule is O=C1CC2(C=CC=CC2)C(=O)N1OS(=O)[O-]. The minimum absolute atomic E-state index is 0.0656. The molecule has 0 aromatic rings. The van der Waals surface area contributed by atoms with E-state index in [9.17, 15) is 18.4 Å². The molecule has 16 heavy (non-hydrogen) atoms. The molecule has 2 amide bonds. The number of rotatable bonds is 2. The molecule has 0 aromatic heterocycles. The first-order valence-corrected chi connectivity index (χ1v) is 5.55. The summed E-state index contributed by atoms with van der Waals surface area (Å²) in [5, 5.41) is 0.312. The average molecular weight is 242 g/mol. The molecule has 6 nitrogen and oxygen atoms in total. The second kappa shape index (κ2) is 3.93. The van der Waals surface area contributed by atoms with Gasteiger partial charge >= 0.3 is 0 Å². The number of allylic oxidation sites excluding steroid dienone is 3. The summed E-state index contributed by atoms with van der Waals surface area (Å²) in [7, 11) is 0. The highest BCUT2D eigenvalue weighted by atomic mass is 32.2. The van der Waals surface area contributed by atoms with Gasteiger partial charge in [-0.1, -0.05) is 24.3 Å². The molecule has 0 aromatic carbocycles. The molecule has 0 saturated carbocycles. The summed E-state index contributed by atoms with van der Waals surface area (Å²) >= 11 is -2.93. The summed E-state index contributed by atoms with van der Waals surface area (Å²) in [6.45, 7) is 0. The van der Waals surface area contributed by atoms with Gasteiger partial charge in [0.2, 0.25) is 0 Å². The van der Waals surface area contributed by atoms with E-state index >= 15 is 0 Å². The molecule has 0 N–H and O–H groups in total. The lowest BCUT2D eigenvalue weighted by Crippen LogP contribution is -2.35. The lowest BCUT2D eigenvalue weighted by Gasteiger charge is -2.22. The van der Waals surface area contributed by atoms with Crippen molar-refractivity contribution in [2.45, 2.75) is 12.8 Å². The maximum Gasteiger partial charge on any atom is 0.265 e. The molecule has 1 saturated heterocycles. The maximum atomic E-state index is 11.8. The highest BCUT2D eigenvalue weighted by Gasteiger charge is 2.51. The molecule has 1 aliphatic heterocycles. The van der Waals surface area contributed by atoms with E-state index in [0.29, 0.717) is 11.5 Å². The molecule has 1 fully saturated rings. The van der Waals surface area contributed by atoms with Gasteiger partial charge in [0.05, 0.1) is 5.41 Å². The average Bonchev–Trinajstić information content (AvgIpc) is 2.44. The third kappa shape index (κ3) is 1.73. The highest BCUT2D eigenvalue weighted by molar-refractivity contribution is 7.74. The topological polar surface area (TPSA) is 86.7 Å². The van der Waals surface area contributed by atoms with Gasteiger partial charge in [0, 0.05) is 6.42 Å². The van der Waals surface area contributed by atoms with E-state index in [1.807, 2.05) is 0 Å². The van der Waals surface area contributed by atoms with Crippen LogP contribution in [0.5, 0.6) is 0 Å². The van der Waals surface area contributed by atoms with E-state index in [4.69, 9.17) is 0 Å². The van der Waals surface area contributed by atoms with Crippen molar-refractivity contribution in [3.05, 3.63) is 24.3 Å². The molecule has 1 heterocycles. The zero-order valence-electron chi connectivity index (χ0n) is 8.12. The summed E-state index contributed by atoms with van der Waals surface area (Å²) < 4.78 is 24.8. The normalized spacial score (nSPS) is 30.4. The first-order chi connectivity index (χ1) is 7.55. The number of carbonyl (C=O) groups excluding carboxylic acids is 2. The van der Waals surface area contributed by atoms with Crippen molar-refractivity contribution in [2.24, 2.45) is 5.41 Å². The van der Waals surface area contributed by atoms with E-state index in [0.717, 1.165) is 0 Å². The van der Waals surface area contributed by atoms with Crippen LogP contribution in [0.4, 0.5) is 0 Å². The van der Waals surface area contributed by atoms with Gasteiger partial charge in [-0.05, 0) is 6.42 Å². The van der Waals surface area contributed by atoms with Crippen LogP contribution in [0.25, 0.3) is 0 Å². The minimum Gasteiger partial charge on any atom is -0.748 e. The Bertz CT molecular complexity index is 430. The fourth-order valence-corrected chi connectivity index (χ4v) is 2.10. The second-order valence-electron chi connectivity index (χ2n) is 3.60. The maximum absolute atomic E-state index is 11.8. The molecule has 2 aliphatic rings. The first-order valence-electron chi connectivity index (χ1n) is 4.55. The zero-order chi connectivity index (χ0) is 11.8. The third-order valence-corrected chi connectivity index (χ3v) is 2.85. The smallest absolute Gasteiger partial charge is 0.265 e. The van der Waals surface area contributed by atoms with Gasteiger partial charge < -0.3 is 4.55 Å². The van der Waals surface area contributed by atoms with Crippen LogP contribution in [0.3, 0.4) is 0 Å². The van der Waals surface area contributed by atoms with Crippen LogP contribution < -0.4 is 0 Å². The van der Waals surface area contributed by atoms with Crippen LogP contribution in [0.2, 0.25) is 0 Å². The molecule has 86 valence electrons. The number of hydrogen-bond acceptors (Lipinski definition) is 5. The number of hydroxylamine groups is 2. The summed E-state index contributed by atoms with van der Waals surface area (Å²) in [4.78, 5) is 23.3. The number of imide groups is 1. The van der Waals surface area contributed by atoms with E-state index in [-0.39, 0.29) is 6.42 Å². The van der Waals surface area contributed by atoms with Gasteiger partial charge in [-0.15, -0.1) is 5.06 Å². The van der Waals surface area contributed by atoms with Crippen molar-refractivity contribution in [1.29, 1.82) is 0 Å². The third-order valence-electron chi connectivity index (χ3n) is 2.58. The quantitative estimate of drug-likeness (QED) is 0.501. The first kappa shape index (κ1) is 11.2.